The van der Waals surface area contributed by atoms with Gasteiger partial charge in [-0.05, 0) is 37.0 Å². The Morgan fingerprint density at radius 1 is 0.929 bits per heavy atom. The Bertz CT molecular complexity index is 1670. The number of nitrogens with zero attached hydrogens (tertiary/aromatic N) is 1. The SMILES string of the molecule is CC(Cc1c[nH]c2ccccc12)(NC(=O)c1cnoc1-c1ccccc1)C(=O)NCC1(c2ccccc2)CCCCC1. The number of carbonyl (C=O) groups excluding carboxylic acids is 2. The van der Waals surface area contributed by atoms with E-state index in [-0.39, 0.29) is 16.9 Å². The largest absolute Gasteiger partial charge is 0.361 e. The summed E-state index contributed by atoms with van der Waals surface area (Å²) in [6, 6.07) is 27.9. The van der Waals surface area contributed by atoms with Gasteiger partial charge in [0.15, 0.2) is 5.76 Å². The van der Waals surface area contributed by atoms with Crippen LogP contribution in [0.1, 0.15) is 60.5 Å². The normalized spacial score (nSPS) is 16.0. The second-order valence-electron chi connectivity index (χ2n) is 11.6. The van der Waals surface area contributed by atoms with Crippen LogP contribution in [-0.2, 0) is 16.6 Å². The fourth-order valence-electron chi connectivity index (χ4n) is 6.39. The fourth-order valence-corrected chi connectivity index (χ4v) is 6.39. The van der Waals surface area contributed by atoms with Gasteiger partial charge in [0, 0.05) is 41.0 Å². The Morgan fingerprint density at radius 3 is 2.38 bits per heavy atom. The monoisotopic (exact) mass is 560 g/mol. The van der Waals surface area contributed by atoms with Crippen molar-refractivity contribution < 1.29 is 14.1 Å². The number of H-pyrrole nitrogens is 1. The van der Waals surface area contributed by atoms with Crippen LogP contribution >= 0.6 is 0 Å². The van der Waals surface area contributed by atoms with Crippen LogP contribution in [0.3, 0.4) is 0 Å². The molecule has 3 N–H and O–H groups in total. The van der Waals surface area contributed by atoms with Gasteiger partial charge in [-0.1, -0.05) is 103 Å². The van der Waals surface area contributed by atoms with Crippen molar-refractivity contribution in [1.82, 2.24) is 20.8 Å². The van der Waals surface area contributed by atoms with Crippen LogP contribution in [0, 0.1) is 0 Å². The third-order valence-corrected chi connectivity index (χ3v) is 8.74. The molecule has 0 saturated heterocycles. The zero-order chi connectivity index (χ0) is 29.0. The highest BCUT2D eigenvalue weighted by molar-refractivity contribution is 6.03. The van der Waals surface area contributed by atoms with Crippen LogP contribution in [-0.4, -0.2) is 34.0 Å². The van der Waals surface area contributed by atoms with E-state index in [0.29, 0.717) is 18.7 Å². The molecule has 2 aromatic heterocycles. The molecule has 7 heteroatoms. The lowest BCUT2D eigenvalue weighted by Crippen LogP contribution is -2.59. The smallest absolute Gasteiger partial charge is 0.257 e. The zero-order valence-electron chi connectivity index (χ0n) is 23.9. The molecule has 0 spiro atoms. The number of fused-ring (bicyclic) bond motifs is 1. The average molecular weight is 561 g/mol. The minimum absolute atomic E-state index is 0.129. The lowest BCUT2D eigenvalue weighted by molar-refractivity contribution is -0.127. The molecular formula is C35H36N4O3. The second kappa shape index (κ2) is 11.7. The van der Waals surface area contributed by atoms with Gasteiger partial charge in [0.2, 0.25) is 5.91 Å². The molecule has 1 aliphatic carbocycles. The van der Waals surface area contributed by atoms with Crippen LogP contribution in [0.2, 0.25) is 0 Å². The van der Waals surface area contributed by atoms with Crippen LogP contribution < -0.4 is 10.6 Å². The summed E-state index contributed by atoms with van der Waals surface area (Å²) in [5, 5.41) is 11.3. The first kappa shape index (κ1) is 27.5. The maximum Gasteiger partial charge on any atom is 0.257 e. The Hall–Kier alpha value is -4.65. The molecule has 2 heterocycles. The summed E-state index contributed by atoms with van der Waals surface area (Å²) in [5.41, 5.74) is 2.83. The summed E-state index contributed by atoms with van der Waals surface area (Å²) in [5.74, 6) is -0.268. The number of hydrogen-bond acceptors (Lipinski definition) is 4. The van der Waals surface area contributed by atoms with Gasteiger partial charge in [0.05, 0.1) is 6.20 Å². The quantitative estimate of drug-likeness (QED) is 0.190. The lowest BCUT2D eigenvalue weighted by Gasteiger charge is -2.39. The molecule has 1 fully saturated rings. The van der Waals surface area contributed by atoms with E-state index in [4.69, 9.17) is 4.52 Å². The number of aromatic nitrogens is 2. The van der Waals surface area contributed by atoms with Gasteiger partial charge < -0.3 is 20.1 Å². The predicted molar refractivity (Wildman–Crippen MR) is 164 cm³/mol. The van der Waals surface area contributed by atoms with Gasteiger partial charge >= 0.3 is 0 Å². The van der Waals surface area contributed by atoms with Crippen LogP contribution in [0.25, 0.3) is 22.2 Å². The summed E-state index contributed by atoms with van der Waals surface area (Å²) < 4.78 is 5.48. The summed E-state index contributed by atoms with van der Waals surface area (Å²) in [4.78, 5) is 31.3. The topological polar surface area (TPSA) is 100 Å². The molecule has 2 amide bonds. The Kier molecular flexibility index (Phi) is 7.66. The highest BCUT2D eigenvalue weighted by Crippen LogP contribution is 2.39. The number of para-hydroxylation sites is 1. The van der Waals surface area contributed by atoms with Crippen LogP contribution in [0.15, 0.2) is 102 Å². The number of carbonyl (C=O) groups is 2. The van der Waals surface area contributed by atoms with Crippen molar-refractivity contribution in [2.45, 2.75) is 56.4 Å². The average Bonchev–Trinajstić information content (AvgIpc) is 3.69. The van der Waals surface area contributed by atoms with Crippen molar-refractivity contribution in [2.24, 2.45) is 0 Å². The van der Waals surface area contributed by atoms with E-state index in [0.717, 1.165) is 47.7 Å². The molecule has 214 valence electrons. The molecular weight excluding hydrogens is 524 g/mol. The first-order chi connectivity index (χ1) is 20.5. The third kappa shape index (κ3) is 5.47. The molecule has 6 rings (SSSR count). The van der Waals surface area contributed by atoms with E-state index in [9.17, 15) is 9.59 Å². The van der Waals surface area contributed by atoms with E-state index in [1.165, 1.54) is 18.2 Å². The standard InChI is InChI=1S/C35H36N4O3/c1-34(21-26-22-36-30-18-10-9-17-28(26)30,39-32(40)29-23-38-42-31(29)25-13-5-2-6-14-25)33(41)37-24-35(19-11-4-12-20-35)27-15-7-3-8-16-27/h2-3,5-10,13-18,22-23,36H,4,11-12,19-21,24H2,1H3,(H,37,41)(H,39,40). The summed E-state index contributed by atoms with van der Waals surface area (Å²) in [7, 11) is 0. The molecule has 3 aromatic carbocycles. The van der Waals surface area contributed by atoms with Crippen molar-refractivity contribution >= 4 is 22.7 Å². The van der Waals surface area contributed by atoms with E-state index >= 15 is 0 Å². The lowest BCUT2D eigenvalue weighted by atomic mass is 9.69. The van der Waals surface area contributed by atoms with E-state index in [2.05, 4.69) is 45.0 Å². The molecule has 1 saturated carbocycles. The number of nitrogens with one attached hydrogen (secondary N) is 3. The molecule has 1 aliphatic rings. The Balaban J connectivity index is 1.30. The number of hydrogen-bond donors (Lipinski definition) is 3. The molecule has 5 aromatic rings. The van der Waals surface area contributed by atoms with Gasteiger partial charge in [-0.25, -0.2) is 0 Å². The summed E-state index contributed by atoms with van der Waals surface area (Å²) in [6.45, 7) is 2.31. The predicted octanol–water partition coefficient (Wildman–Crippen LogP) is 6.57. The Morgan fingerprint density at radius 2 is 1.62 bits per heavy atom. The number of aromatic amines is 1. The van der Waals surface area contributed by atoms with Gasteiger partial charge in [-0.15, -0.1) is 0 Å². The van der Waals surface area contributed by atoms with E-state index in [1.54, 1.807) is 6.92 Å². The zero-order valence-corrected chi connectivity index (χ0v) is 23.9. The van der Waals surface area contributed by atoms with Crippen LogP contribution in [0.5, 0.6) is 0 Å². The van der Waals surface area contributed by atoms with E-state index in [1.807, 2.05) is 66.9 Å². The minimum Gasteiger partial charge on any atom is -0.361 e. The van der Waals surface area contributed by atoms with Gasteiger partial charge in [-0.3, -0.25) is 9.59 Å². The molecule has 7 nitrogen and oxygen atoms in total. The first-order valence-corrected chi connectivity index (χ1v) is 14.7. The highest BCUT2D eigenvalue weighted by atomic mass is 16.5. The van der Waals surface area contributed by atoms with Crippen molar-refractivity contribution in [2.75, 3.05) is 6.54 Å². The fraction of sp³-hybridized carbons (Fsp3) is 0.286. The molecule has 42 heavy (non-hydrogen) atoms. The molecule has 1 atom stereocenters. The Labute approximate surface area is 245 Å². The highest BCUT2D eigenvalue weighted by Gasteiger charge is 2.40. The van der Waals surface area contributed by atoms with E-state index < -0.39 is 11.4 Å². The number of rotatable bonds is 9. The van der Waals surface area contributed by atoms with Crippen LogP contribution in [0.4, 0.5) is 0 Å². The first-order valence-electron chi connectivity index (χ1n) is 14.7. The summed E-state index contributed by atoms with van der Waals surface area (Å²) >= 11 is 0. The minimum atomic E-state index is -1.25. The van der Waals surface area contributed by atoms with Gasteiger partial charge in [0.25, 0.3) is 5.91 Å². The second-order valence-corrected chi connectivity index (χ2v) is 11.6. The molecule has 0 radical (unpaired) electrons. The van der Waals surface area contributed by atoms with Crippen molar-refractivity contribution in [3.63, 3.8) is 0 Å². The maximum atomic E-state index is 14.2. The molecule has 1 unspecified atom stereocenters. The van der Waals surface area contributed by atoms with Crippen molar-refractivity contribution in [3.8, 4) is 11.3 Å². The molecule has 0 aliphatic heterocycles. The number of amides is 2. The number of benzene rings is 3. The molecule has 0 bridgehead atoms. The third-order valence-electron chi connectivity index (χ3n) is 8.74. The van der Waals surface area contributed by atoms with Gasteiger partial charge in [0.1, 0.15) is 11.1 Å². The van der Waals surface area contributed by atoms with Crippen molar-refractivity contribution in [3.05, 3.63) is 114 Å². The maximum absolute atomic E-state index is 14.2. The summed E-state index contributed by atoms with van der Waals surface area (Å²) in [6.07, 6.45) is 9.14. The van der Waals surface area contributed by atoms with Crippen molar-refractivity contribution in [1.29, 1.82) is 0 Å². The van der Waals surface area contributed by atoms with Gasteiger partial charge in [-0.2, -0.15) is 0 Å².